The first-order valence-electron chi connectivity index (χ1n) is 15.5. The summed E-state index contributed by atoms with van der Waals surface area (Å²) in [7, 11) is 0. The van der Waals surface area contributed by atoms with Crippen molar-refractivity contribution in [2.24, 2.45) is 0 Å². The lowest BCUT2D eigenvalue weighted by molar-refractivity contribution is 0.146. The van der Waals surface area contributed by atoms with Crippen LogP contribution in [-0.4, -0.2) is 5.11 Å². The largest absolute Gasteiger partial charge is 0.369 e. The van der Waals surface area contributed by atoms with Crippen molar-refractivity contribution in [1.82, 2.24) is 0 Å². The highest BCUT2D eigenvalue weighted by molar-refractivity contribution is 6.10. The van der Waals surface area contributed by atoms with Gasteiger partial charge < -0.3 is 5.11 Å². The Labute approximate surface area is 271 Å². The molecule has 46 heavy (non-hydrogen) atoms. The third-order valence-corrected chi connectivity index (χ3v) is 8.57. The Morgan fingerprint density at radius 2 is 0.587 bits per heavy atom. The van der Waals surface area contributed by atoms with Gasteiger partial charge in [0.1, 0.15) is 0 Å². The fourth-order valence-corrected chi connectivity index (χ4v) is 6.56. The highest BCUT2D eigenvalue weighted by Crippen LogP contribution is 2.56. The van der Waals surface area contributed by atoms with Gasteiger partial charge in [0.2, 0.25) is 0 Å². The lowest BCUT2D eigenvalue weighted by atomic mass is 9.70. The molecule has 0 radical (unpaired) electrons. The zero-order valence-corrected chi connectivity index (χ0v) is 25.3. The van der Waals surface area contributed by atoms with Gasteiger partial charge in [-0.25, -0.2) is 0 Å². The summed E-state index contributed by atoms with van der Waals surface area (Å²) in [6.07, 6.45) is 6.49. The molecule has 0 saturated heterocycles. The second-order valence-corrected chi connectivity index (χ2v) is 11.3. The first-order valence-corrected chi connectivity index (χ1v) is 15.5. The molecule has 1 heteroatoms. The van der Waals surface area contributed by atoms with Gasteiger partial charge in [0, 0.05) is 11.1 Å². The van der Waals surface area contributed by atoms with Gasteiger partial charge in [-0.2, -0.15) is 0 Å². The number of terminal acetylenes is 1. The molecule has 7 aromatic carbocycles. The van der Waals surface area contributed by atoms with Crippen LogP contribution < -0.4 is 0 Å². The molecule has 1 nitrogen and oxygen atoms in total. The average Bonchev–Trinajstić information content (AvgIpc) is 3.15. The van der Waals surface area contributed by atoms with Crippen LogP contribution in [0.4, 0.5) is 0 Å². The summed E-state index contributed by atoms with van der Waals surface area (Å²) in [5.41, 5.74) is 9.50. The van der Waals surface area contributed by atoms with Crippen LogP contribution in [0.1, 0.15) is 11.1 Å². The van der Waals surface area contributed by atoms with Gasteiger partial charge in [-0.05, 0) is 55.6 Å². The van der Waals surface area contributed by atoms with Crippen LogP contribution in [0.25, 0.3) is 55.6 Å². The average molecular weight is 589 g/mol. The van der Waals surface area contributed by atoms with E-state index in [-0.39, 0.29) is 0 Å². The molecule has 0 spiro atoms. The number of rotatable bonds is 7. The quantitative estimate of drug-likeness (QED) is 0.184. The molecule has 0 heterocycles. The summed E-state index contributed by atoms with van der Waals surface area (Å²) in [6, 6.07) is 61.7. The van der Waals surface area contributed by atoms with Crippen LogP contribution in [-0.2, 0) is 5.60 Å². The standard InChI is InChI=1S/C45H32O/c1-2-45(46,38-31-19-8-20-32-38)44-42(36-27-15-6-16-28-36)40(34-23-11-4-12-24-34)39(33-21-9-3-10-22-33)41(35-25-13-5-14-26-35)43(44)37-29-17-7-18-30-37/h1,3-32,46H. The minimum absolute atomic E-state index is 0.636. The first-order chi connectivity index (χ1) is 22.7. The van der Waals surface area contributed by atoms with Crippen LogP contribution in [0.3, 0.4) is 0 Å². The fourth-order valence-electron chi connectivity index (χ4n) is 6.56. The molecule has 218 valence electrons. The van der Waals surface area contributed by atoms with E-state index >= 15 is 0 Å². The summed E-state index contributed by atoms with van der Waals surface area (Å²) in [5.74, 6) is 2.90. The molecule has 0 aliphatic rings. The maximum atomic E-state index is 13.1. The van der Waals surface area contributed by atoms with Crippen molar-refractivity contribution >= 4 is 0 Å². The molecule has 0 bridgehead atoms. The van der Waals surface area contributed by atoms with Crippen LogP contribution >= 0.6 is 0 Å². The van der Waals surface area contributed by atoms with E-state index in [1.165, 1.54) is 0 Å². The van der Waals surface area contributed by atoms with E-state index in [0.717, 1.165) is 55.6 Å². The van der Waals surface area contributed by atoms with Crippen LogP contribution in [0, 0.1) is 12.3 Å². The summed E-state index contributed by atoms with van der Waals surface area (Å²) in [5, 5.41) is 13.1. The van der Waals surface area contributed by atoms with E-state index in [1.807, 2.05) is 84.9 Å². The van der Waals surface area contributed by atoms with Gasteiger partial charge >= 0.3 is 0 Å². The smallest absolute Gasteiger partial charge is 0.177 e. The Bertz CT molecular complexity index is 2010. The van der Waals surface area contributed by atoms with Gasteiger partial charge in [-0.1, -0.05) is 188 Å². The van der Waals surface area contributed by atoms with Crippen molar-refractivity contribution in [3.05, 3.63) is 193 Å². The van der Waals surface area contributed by atoms with E-state index in [9.17, 15) is 5.11 Å². The second kappa shape index (κ2) is 12.6. The molecule has 1 N–H and O–H groups in total. The fraction of sp³-hybridized carbons (Fsp3) is 0.0222. The highest BCUT2D eigenvalue weighted by atomic mass is 16.3. The lowest BCUT2D eigenvalue weighted by Crippen LogP contribution is -2.28. The maximum absolute atomic E-state index is 13.1. The zero-order chi connectivity index (χ0) is 31.3. The molecule has 1 unspecified atom stereocenters. The van der Waals surface area contributed by atoms with Crippen molar-refractivity contribution in [3.63, 3.8) is 0 Å². The Morgan fingerprint density at radius 1 is 0.348 bits per heavy atom. The van der Waals surface area contributed by atoms with Gasteiger partial charge in [0.15, 0.2) is 5.60 Å². The summed E-state index contributed by atoms with van der Waals surface area (Å²) < 4.78 is 0. The Balaban J connectivity index is 1.84. The molecule has 0 fully saturated rings. The summed E-state index contributed by atoms with van der Waals surface area (Å²) in [4.78, 5) is 0. The third kappa shape index (κ3) is 5.12. The predicted octanol–water partition coefficient (Wildman–Crippen LogP) is 10.9. The lowest BCUT2D eigenvalue weighted by Gasteiger charge is -2.34. The molecule has 0 aliphatic heterocycles. The second-order valence-electron chi connectivity index (χ2n) is 11.3. The molecule has 0 aromatic heterocycles. The molecule has 0 saturated carbocycles. The summed E-state index contributed by atoms with van der Waals surface area (Å²) >= 11 is 0. The van der Waals surface area contributed by atoms with Crippen molar-refractivity contribution in [3.8, 4) is 68.0 Å². The van der Waals surface area contributed by atoms with Crippen LogP contribution in [0.15, 0.2) is 182 Å². The van der Waals surface area contributed by atoms with E-state index in [1.54, 1.807) is 0 Å². The molecule has 7 rings (SSSR count). The van der Waals surface area contributed by atoms with Gasteiger partial charge in [0.25, 0.3) is 0 Å². The Kier molecular flexibility index (Phi) is 7.88. The number of aliphatic hydroxyl groups is 1. The van der Waals surface area contributed by atoms with Crippen molar-refractivity contribution in [2.75, 3.05) is 0 Å². The van der Waals surface area contributed by atoms with E-state index < -0.39 is 5.60 Å². The zero-order valence-electron chi connectivity index (χ0n) is 25.3. The number of hydrogen-bond donors (Lipinski definition) is 1. The third-order valence-electron chi connectivity index (χ3n) is 8.57. The monoisotopic (exact) mass is 588 g/mol. The SMILES string of the molecule is C#CC(O)(c1ccccc1)c1c(-c2ccccc2)c(-c2ccccc2)c(-c2ccccc2)c(-c2ccccc2)c1-c1ccccc1. The normalized spacial score (nSPS) is 12.2. The predicted molar refractivity (Wildman–Crippen MR) is 192 cm³/mol. The molecule has 0 amide bonds. The van der Waals surface area contributed by atoms with E-state index in [2.05, 4.69) is 103 Å². The van der Waals surface area contributed by atoms with Crippen molar-refractivity contribution < 1.29 is 5.11 Å². The maximum Gasteiger partial charge on any atom is 0.177 e. The first kappa shape index (κ1) is 28.8. The minimum atomic E-state index is -1.78. The number of hydrogen-bond acceptors (Lipinski definition) is 1. The molecule has 1 atom stereocenters. The van der Waals surface area contributed by atoms with Gasteiger partial charge in [0.05, 0.1) is 0 Å². The Morgan fingerprint density at radius 3 is 0.870 bits per heavy atom. The van der Waals surface area contributed by atoms with Crippen LogP contribution in [0.2, 0.25) is 0 Å². The number of benzene rings is 7. The van der Waals surface area contributed by atoms with Crippen molar-refractivity contribution in [2.45, 2.75) is 5.60 Å². The molecular formula is C45H32O. The molecular weight excluding hydrogens is 556 g/mol. The van der Waals surface area contributed by atoms with E-state index in [4.69, 9.17) is 6.42 Å². The molecule has 0 aliphatic carbocycles. The Hall–Kier alpha value is -5.94. The van der Waals surface area contributed by atoms with E-state index in [0.29, 0.717) is 11.1 Å². The minimum Gasteiger partial charge on any atom is -0.369 e. The van der Waals surface area contributed by atoms with Crippen LogP contribution in [0.5, 0.6) is 0 Å². The highest BCUT2D eigenvalue weighted by Gasteiger charge is 2.39. The van der Waals surface area contributed by atoms with Gasteiger partial charge in [-0.3, -0.25) is 0 Å². The van der Waals surface area contributed by atoms with Gasteiger partial charge in [-0.15, -0.1) is 6.42 Å². The topological polar surface area (TPSA) is 20.2 Å². The summed E-state index contributed by atoms with van der Waals surface area (Å²) in [6.45, 7) is 0. The van der Waals surface area contributed by atoms with Crippen molar-refractivity contribution in [1.29, 1.82) is 0 Å². The molecule has 7 aromatic rings.